The molecule has 4 nitrogen and oxygen atoms in total. The van der Waals surface area contributed by atoms with Gasteiger partial charge in [0.2, 0.25) is 6.29 Å². The van der Waals surface area contributed by atoms with Gasteiger partial charge < -0.3 is 14.6 Å². The van der Waals surface area contributed by atoms with Gasteiger partial charge in [0.1, 0.15) is 17.1 Å². The number of alkyl halides is 1. The van der Waals surface area contributed by atoms with Crippen LogP contribution < -0.4 is 9.47 Å². The van der Waals surface area contributed by atoms with Crippen LogP contribution in [0.1, 0.15) is 16.7 Å². The summed E-state index contributed by atoms with van der Waals surface area (Å²) in [4.78, 5) is 12.3. The maximum Gasteiger partial charge on any atom is 0.345 e. The Morgan fingerprint density at radius 1 is 1.29 bits per heavy atom. The zero-order chi connectivity index (χ0) is 17.3. The van der Waals surface area contributed by atoms with Crippen LogP contribution in [0.2, 0.25) is 5.02 Å². The van der Waals surface area contributed by atoms with Gasteiger partial charge in [-0.3, -0.25) is 0 Å². The van der Waals surface area contributed by atoms with Crippen LogP contribution >= 0.6 is 23.2 Å². The molecule has 0 spiro atoms. The standard InChI is InChI=1S/C18H14Cl2O4/c1-10-6-13(3-4-15(10)20)23-17(21)14-8-12-7-11(9-19)2-5-16(12)24-18(14)22/h2-8,18,22H,9H2,1H3. The minimum Gasteiger partial charge on any atom is -0.460 e. The van der Waals surface area contributed by atoms with Gasteiger partial charge in [0.15, 0.2) is 0 Å². The monoisotopic (exact) mass is 364 g/mol. The molecule has 1 heterocycles. The third-order valence-corrected chi connectivity index (χ3v) is 4.35. The number of aliphatic hydroxyl groups is 1. The summed E-state index contributed by atoms with van der Waals surface area (Å²) in [6.45, 7) is 1.81. The van der Waals surface area contributed by atoms with Gasteiger partial charge >= 0.3 is 5.97 Å². The lowest BCUT2D eigenvalue weighted by atomic mass is 10.0. The number of benzene rings is 2. The highest BCUT2D eigenvalue weighted by Crippen LogP contribution is 2.31. The largest absolute Gasteiger partial charge is 0.460 e. The number of esters is 1. The maximum atomic E-state index is 12.3. The van der Waals surface area contributed by atoms with Crippen LogP contribution in [0.5, 0.6) is 11.5 Å². The number of fused-ring (bicyclic) bond motifs is 1. The van der Waals surface area contributed by atoms with Crippen LogP contribution in [0.3, 0.4) is 0 Å². The number of halogens is 2. The molecule has 6 heteroatoms. The van der Waals surface area contributed by atoms with Crippen molar-refractivity contribution < 1.29 is 19.4 Å². The number of aliphatic hydroxyl groups excluding tert-OH is 1. The van der Waals surface area contributed by atoms with Gasteiger partial charge in [0.05, 0.1) is 0 Å². The summed E-state index contributed by atoms with van der Waals surface area (Å²) >= 11 is 11.8. The van der Waals surface area contributed by atoms with Gasteiger partial charge in [-0.25, -0.2) is 4.79 Å². The fourth-order valence-electron chi connectivity index (χ4n) is 2.33. The smallest absolute Gasteiger partial charge is 0.345 e. The summed E-state index contributed by atoms with van der Waals surface area (Å²) in [6.07, 6.45) is 0.158. The second-order valence-corrected chi connectivity index (χ2v) is 6.05. The molecule has 24 heavy (non-hydrogen) atoms. The predicted octanol–water partition coefficient (Wildman–Crippen LogP) is 4.09. The van der Waals surface area contributed by atoms with E-state index in [0.717, 1.165) is 11.1 Å². The van der Waals surface area contributed by atoms with E-state index in [1.807, 2.05) is 0 Å². The highest BCUT2D eigenvalue weighted by Gasteiger charge is 2.27. The average Bonchev–Trinajstić information content (AvgIpc) is 2.57. The molecule has 0 bridgehead atoms. The number of rotatable bonds is 3. The molecule has 1 unspecified atom stereocenters. The first kappa shape index (κ1) is 16.8. The van der Waals surface area contributed by atoms with Crippen molar-refractivity contribution in [3.05, 3.63) is 63.7 Å². The Morgan fingerprint density at radius 2 is 2.08 bits per heavy atom. The number of hydrogen-bond acceptors (Lipinski definition) is 4. The average molecular weight is 365 g/mol. The van der Waals surface area contributed by atoms with Gasteiger partial charge in [-0.1, -0.05) is 17.7 Å². The first-order chi connectivity index (χ1) is 11.5. The second kappa shape index (κ2) is 6.85. The molecule has 0 saturated carbocycles. The molecule has 1 atom stereocenters. The Kier molecular flexibility index (Phi) is 4.81. The minimum absolute atomic E-state index is 0.0156. The molecule has 2 aromatic carbocycles. The summed E-state index contributed by atoms with van der Waals surface area (Å²) in [7, 11) is 0. The van der Waals surface area contributed by atoms with Gasteiger partial charge in [-0.15, -0.1) is 11.6 Å². The van der Waals surface area contributed by atoms with Gasteiger partial charge in [-0.2, -0.15) is 0 Å². The lowest BCUT2D eigenvalue weighted by Crippen LogP contribution is -2.29. The molecule has 1 aliphatic heterocycles. The topological polar surface area (TPSA) is 55.8 Å². The number of aryl methyl sites for hydroxylation is 1. The van der Waals surface area contributed by atoms with Gasteiger partial charge in [0.25, 0.3) is 0 Å². The lowest BCUT2D eigenvalue weighted by molar-refractivity contribution is -0.133. The van der Waals surface area contributed by atoms with Crippen molar-refractivity contribution in [2.75, 3.05) is 0 Å². The molecule has 1 N–H and O–H groups in total. The van der Waals surface area contributed by atoms with E-state index >= 15 is 0 Å². The molecular formula is C18H14Cl2O4. The Labute approximate surface area is 149 Å². The Balaban J connectivity index is 1.87. The fourth-order valence-corrected chi connectivity index (χ4v) is 2.61. The number of hydrogen-bond donors (Lipinski definition) is 1. The van der Waals surface area contributed by atoms with Crippen LogP contribution in [-0.4, -0.2) is 17.4 Å². The van der Waals surface area contributed by atoms with E-state index in [0.29, 0.717) is 28.0 Å². The summed E-state index contributed by atoms with van der Waals surface area (Å²) in [5.41, 5.74) is 2.35. The molecule has 0 saturated heterocycles. The zero-order valence-corrected chi connectivity index (χ0v) is 14.3. The van der Waals surface area contributed by atoms with Crippen molar-refractivity contribution in [1.29, 1.82) is 0 Å². The van der Waals surface area contributed by atoms with Crippen molar-refractivity contribution in [1.82, 2.24) is 0 Å². The van der Waals surface area contributed by atoms with Crippen LogP contribution in [0.4, 0.5) is 0 Å². The van der Waals surface area contributed by atoms with Crippen LogP contribution in [0.15, 0.2) is 42.0 Å². The summed E-state index contributed by atoms with van der Waals surface area (Å²) in [5.74, 6) is 0.477. The predicted molar refractivity (Wildman–Crippen MR) is 92.4 cm³/mol. The van der Waals surface area contributed by atoms with Crippen LogP contribution in [0, 0.1) is 6.92 Å². The third kappa shape index (κ3) is 3.41. The Hall–Kier alpha value is -2.01. The van der Waals surface area contributed by atoms with E-state index in [-0.39, 0.29) is 5.57 Å². The Morgan fingerprint density at radius 3 is 2.79 bits per heavy atom. The van der Waals surface area contributed by atoms with Crippen LogP contribution in [-0.2, 0) is 10.7 Å². The Bertz CT molecular complexity index is 830. The van der Waals surface area contributed by atoms with E-state index in [1.165, 1.54) is 0 Å². The summed E-state index contributed by atoms with van der Waals surface area (Å²) in [6, 6.07) is 10.2. The SMILES string of the molecule is Cc1cc(OC(=O)C2=Cc3cc(CCl)ccc3OC2O)ccc1Cl. The molecular weight excluding hydrogens is 351 g/mol. The van der Waals surface area contributed by atoms with Crippen molar-refractivity contribution in [2.24, 2.45) is 0 Å². The van der Waals surface area contributed by atoms with E-state index in [1.54, 1.807) is 49.4 Å². The molecule has 0 aliphatic carbocycles. The first-order valence-electron chi connectivity index (χ1n) is 7.21. The molecule has 2 aromatic rings. The summed E-state index contributed by atoms with van der Waals surface area (Å²) in [5, 5.41) is 10.6. The summed E-state index contributed by atoms with van der Waals surface area (Å²) < 4.78 is 10.7. The van der Waals surface area contributed by atoms with Gasteiger partial charge in [-0.05, 0) is 54.5 Å². The highest BCUT2D eigenvalue weighted by atomic mass is 35.5. The molecule has 0 radical (unpaired) electrons. The molecule has 0 fully saturated rings. The molecule has 124 valence electrons. The molecule has 0 aromatic heterocycles. The molecule has 1 aliphatic rings. The first-order valence-corrected chi connectivity index (χ1v) is 8.12. The van der Waals surface area contributed by atoms with Crippen LogP contribution in [0.25, 0.3) is 6.08 Å². The highest BCUT2D eigenvalue weighted by molar-refractivity contribution is 6.31. The van der Waals surface area contributed by atoms with Crippen molar-refractivity contribution in [2.45, 2.75) is 19.1 Å². The zero-order valence-electron chi connectivity index (χ0n) is 12.8. The van der Waals surface area contributed by atoms with Crippen molar-refractivity contribution >= 4 is 35.2 Å². The number of carbonyl (C=O) groups excluding carboxylic acids is 1. The van der Waals surface area contributed by atoms with Gasteiger partial charge in [0, 0.05) is 16.5 Å². The fraction of sp³-hybridized carbons (Fsp3) is 0.167. The normalized spacial score (nSPS) is 16.0. The lowest BCUT2D eigenvalue weighted by Gasteiger charge is -2.22. The second-order valence-electron chi connectivity index (χ2n) is 5.38. The van der Waals surface area contributed by atoms with E-state index in [2.05, 4.69) is 0 Å². The molecule has 0 amide bonds. The minimum atomic E-state index is -1.39. The van der Waals surface area contributed by atoms with Crippen molar-refractivity contribution in [3.8, 4) is 11.5 Å². The van der Waals surface area contributed by atoms with E-state index in [4.69, 9.17) is 32.7 Å². The molecule has 3 rings (SSSR count). The third-order valence-electron chi connectivity index (χ3n) is 3.62. The number of ether oxygens (including phenoxy) is 2. The van der Waals surface area contributed by atoms with E-state index in [9.17, 15) is 9.90 Å². The van der Waals surface area contributed by atoms with E-state index < -0.39 is 12.3 Å². The quantitative estimate of drug-likeness (QED) is 0.506. The maximum absolute atomic E-state index is 12.3. The van der Waals surface area contributed by atoms with Crippen molar-refractivity contribution in [3.63, 3.8) is 0 Å². The number of carbonyl (C=O) groups is 1.